The van der Waals surface area contributed by atoms with Crippen LogP contribution in [0.25, 0.3) is 0 Å². The van der Waals surface area contributed by atoms with Gasteiger partial charge < -0.3 is 16.0 Å². The minimum absolute atomic E-state index is 0.169. The van der Waals surface area contributed by atoms with Crippen LogP contribution in [0.2, 0.25) is 5.02 Å². The van der Waals surface area contributed by atoms with Gasteiger partial charge in [0.1, 0.15) is 0 Å². The summed E-state index contributed by atoms with van der Waals surface area (Å²) in [5, 5.41) is 3.90. The van der Waals surface area contributed by atoms with Gasteiger partial charge in [-0.3, -0.25) is 4.79 Å². The van der Waals surface area contributed by atoms with Gasteiger partial charge in [-0.2, -0.15) is 0 Å². The van der Waals surface area contributed by atoms with Gasteiger partial charge in [0.2, 0.25) is 5.91 Å². The van der Waals surface area contributed by atoms with Gasteiger partial charge in [-0.05, 0) is 31.2 Å². The van der Waals surface area contributed by atoms with E-state index < -0.39 is 0 Å². The fraction of sp³-hybridized carbons (Fsp3) is 0.462. The molecule has 1 aromatic rings. The van der Waals surface area contributed by atoms with Gasteiger partial charge in [0.25, 0.3) is 0 Å². The molecular weight excluding hydrogens is 282 g/mol. The summed E-state index contributed by atoms with van der Waals surface area (Å²) in [6.45, 7) is 3.48. The Kier molecular flexibility index (Phi) is 5.36. The highest BCUT2D eigenvalue weighted by molar-refractivity contribution is 8.00. The quantitative estimate of drug-likeness (QED) is 0.660. The number of carbonyl (C=O) groups excluding carboxylic acids is 1. The minimum Gasteiger partial charge on any atom is -0.398 e. The van der Waals surface area contributed by atoms with Crippen molar-refractivity contribution >= 4 is 35.0 Å². The number of benzene rings is 1. The van der Waals surface area contributed by atoms with E-state index in [1.807, 2.05) is 11.0 Å². The van der Waals surface area contributed by atoms with Gasteiger partial charge in [0.15, 0.2) is 0 Å². The van der Waals surface area contributed by atoms with Gasteiger partial charge in [-0.1, -0.05) is 11.6 Å². The van der Waals surface area contributed by atoms with Crippen molar-refractivity contribution in [3.63, 3.8) is 0 Å². The first kappa shape index (κ1) is 14.5. The molecule has 0 unspecified atom stereocenters. The molecule has 2 rings (SSSR count). The average Bonchev–Trinajstić information content (AvgIpc) is 2.66. The van der Waals surface area contributed by atoms with E-state index in [-0.39, 0.29) is 5.91 Å². The third-order valence-electron chi connectivity index (χ3n) is 3.02. The second-order valence-electron chi connectivity index (χ2n) is 4.46. The number of rotatable bonds is 3. The number of nitrogens with one attached hydrogen (secondary N) is 1. The molecule has 6 heteroatoms. The number of halogens is 1. The van der Waals surface area contributed by atoms with Gasteiger partial charge in [-0.15, -0.1) is 11.8 Å². The number of hydrogen-bond donors (Lipinski definition) is 2. The summed E-state index contributed by atoms with van der Waals surface area (Å²) in [6, 6.07) is 5.37. The zero-order valence-electron chi connectivity index (χ0n) is 10.7. The average molecular weight is 300 g/mol. The molecule has 3 N–H and O–H groups in total. The lowest BCUT2D eigenvalue weighted by molar-refractivity contribution is -0.128. The molecule has 0 aliphatic carbocycles. The summed E-state index contributed by atoms with van der Waals surface area (Å²) in [4.78, 5) is 14.9. The van der Waals surface area contributed by atoms with Gasteiger partial charge >= 0.3 is 0 Å². The molecular formula is C13H18ClN3OS. The molecule has 1 amide bonds. The van der Waals surface area contributed by atoms with E-state index in [4.69, 9.17) is 17.3 Å². The number of amides is 1. The molecule has 1 aromatic carbocycles. The summed E-state index contributed by atoms with van der Waals surface area (Å²) in [5.74, 6) is 0.592. The van der Waals surface area contributed by atoms with Crippen molar-refractivity contribution in [2.75, 3.05) is 37.7 Å². The Morgan fingerprint density at radius 2 is 2.26 bits per heavy atom. The SMILES string of the molecule is Nc1cc(Cl)ccc1SCC(=O)N1CCCNCC1. The Labute approximate surface area is 122 Å². The largest absolute Gasteiger partial charge is 0.398 e. The molecule has 19 heavy (non-hydrogen) atoms. The van der Waals surface area contributed by atoms with Gasteiger partial charge in [-0.25, -0.2) is 0 Å². The van der Waals surface area contributed by atoms with Crippen LogP contribution >= 0.6 is 23.4 Å². The van der Waals surface area contributed by atoms with Crippen LogP contribution in [0.4, 0.5) is 5.69 Å². The molecule has 1 saturated heterocycles. The zero-order chi connectivity index (χ0) is 13.7. The monoisotopic (exact) mass is 299 g/mol. The highest BCUT2D eigenvalue weighted by atomic mass is 35.5. The third kappa shape index (κ3) is 4.30. The molecule has 0 bridgehead atoms. The highest BCUT2D eigenvalue weighted by Crippen LogP contribution is 2.27. The zero-order valence-corrected chi connectivity index (χ0v) is 12.3. The molecule has 1 heterocycles. The van der Waals surface area contributed by atoms with E-state index in [1.165, 1.54) is 11.8 Å². The van der Waals surface area contributed by atoms with E-state index in [0.29, 0.717) is 16.5 Å². The number of hydrogen-bond acceptors (Lipinski definition) is 4. The first-order chi connectivity index (χ1) is 9.16. The highest BCUT2D eigenvalue weighted by Gasteiger charge is 2.15. The molecule has 0 aromatic heterocycles. The van der Waals surface area contributed by atoms with E-state index in [1.54, 1.807) is 12.1 Å². The molecule has 4 nitrogen and oxygen atoms in total. The van der Waals surface area contributed by atoms with Gasteiger partial charge in [0, 0.05) is 35.2 Å². The van der Waals surface area contributed by atoms with Crippen molar-refractivity contribution in [1.29, 1.82) is 0 Å². The molecule has 0 radical (unpaired) electrons. The Bertz CT molecular complexity index is 448. The van der Waals surface area contributed by atoms with Crippen LogP contribution in [0.3, 0.4) is 0 Å². The Morgan fingerprint density at radius 1 is 1.42 bits per heavy atom. The summed E-state index contributed by atoms with van der Waals surface area (Å²) in [6.07, 6.45) is 1.01. The molecule has 1 aliphatic rings. The number of nitrogen functional groups attached to an aromatic ring is 1. The second-order valence-corrected chi connectivity index (χ2v) is 5.91. The van der Waals surface area contributed by atoms with Crippen LogP contribution in [-0.2, 0) is 4.79 Å². The Morgan fingerprint density at radius 3 is 3.05 bits per heavy atom. The minimum atomic E-state index is 0.169. The van der Waals surface area contributed by atoms with Crippen LogP contribution in [0.15, 0.2) is 23.1 Å². The molecule has 1 fully saturated rings. The second kappa shape index (κ2) is 7.03. The summed E-state index contributed by atoms with van der Waals surface area (Å²) >= 11 is 7.32. The molecule has 0 spiro atoms. The van der Waals surface area contributed by atoms with Crippen molar-refractivity contribution in [3.8, 4) is 0 Å². The maximum atomic E-state index is 12.1. The van der Waals surface area contributed by atoms with Crippen molar-refractivity contribution in [1.82, 2.24) is 10.2 Å². The van der Waals surface area contributed by atoms with Crippen LogP contribution in [0.1, 0.15) is 6.42 Å². The Balaban J connectivity index is 1.88. The van der Waals surface area contributed by atoms with E-state index >= 15 is 0 Å². The first-order valence-corrected chi connectivity index (χ1v) is 7.69. The lowest BCUT2D eigenvalue weighted by Crippen LogP contribution is -2.35. The van der Waals surface area contributed by atoms with Crippen molar-refractivity contribution in [2.24, 2.45) is 0 Å². The topological polar surface area (TPSA) is 58.4 Å². The number of anilines is 1. The molecule has 104 valence electrons. The lowest BCUT2D eigenvalue weighted by atomic mass is 10.3. The standard InChI is InChI=1S/C13H18ClN3OS/c14-10-2-3-12(11(15)8-10)19-9-13(18)17-6-1-4-16-5-7-17/h2-3,8,16H,1,4-7,9,15H2. The number of carbonyl (C=O) groups is 1. The maximum absolute atomic E-state index is 12.1. The third-order valence-corrected chi connectivity index (χ3v) is 4.32. The number of nitrogens with two attached hydrogens (primary N) is 1. The van der Waals surface area contributed by atoms with Crippen molar-refractivity contribution in [3.05, 3.63) is 23.2 Å². The van der Waals surface area contributed by atoms with E-state index in [0.717, 1.165) is 37.5 Å². The number of thioether (sulfide) groups is 1. The van der Waals surface area contributed by atoms with Crippen LogP contribution in [-0.4, -0.2) is 42.7 Å². The lowest BCUT2D eigenvalue weighted by Gasteiger charge is -2.19. The van der Waals surface area contributed by atoms with Crippen LogP contribution in [0.5, 0.6) is 0 Å². The van der Waals surface area contributed by atoms with Crippen molar-refractivity contribution < 1.29 is 4.79 Å². The van der Waals surface area contributed by atoms with Crippen LogP contribution < -0.4 is 11.1 Å². The summed E-state index contributed by atoms with van der Waals surface area (Å²) in [5.41, 5.74) is 6.50. The first-order valence-electron chi connectivity index (χ1n) is 6.33. The maximum Gasteiger partial charge on any atom is 0.232 e. The predicted molar refractivity (Wildman–Crippen MR) is 80.7 cm³/mol. The predicted octanol–water partition coefficient (Wildman–Crippen LogP) is 1.84. The molecule has 1 aliphatic heterocycles. The molecule has 0 atom stereocenters. The van der Waals surface area contributed by atoms with E-state index in [2.05, 4.69) is 5.32 Å². The van der Waals surface area contributed by atoms with Crippen LogP contribution in [0, 0.1) is 0 Å². The van der Waals surface area contributed by atoms with Crippen molar-refractivity contribution in [2.45, 2.75) is 11.3 Å². The molecule has 0 saturated carbocycles. The normalized spacial score (nSPS) is 16.2. The van der Waals surface area contributed by atoms with Gasteiger partial charge in [0.05, 0.1) is 5.75 Å². The summed E-state index contributed by atoms with van der Waals surface area (Å²) in [7, 11) is 0. The van der Waals surface area contributed by atoms with E-state index in [9.17, 15) is 4.79 Å². The fourth-order valence-corrected chi connectivity index (χ4v) is 3.01. The Hall–Kier alpha value is -0.910. The smallest absolute Gasteiger partial charge is 0.232 e. The summed E-state index contributed by atoms with van der Waals surface area (Å²) < 4.78 is 0. The number of nitrogens with zero attached hydrogens (tertiary/aromatic N) is 1. The fourth-order valence-electron chi connectivity index (χ4n) is 1.98.